The minimum absolute atomic E-state index is 0.0650. The topological polar surface area (TPSA) is 75.6 Å². The van der Waals surface area contributed by atoms with Crippen LogP contribution in [-0.2, 0) is 9.53 Å². The molecule has 13 heavy (non-hydrogen) atoms. The summed E-state index contributed by atoms with van der Waals surface area (Å²) in [5.74, 6) is -0.870. The predicted octanol–water partition coefficient (Wildman–Crippen LogP) is 0.842. The fourth-order valence-electron chi connectivity index (χ4n) is 0.852. The van der Waals surface area contributed by atoms with Crippen molar-refractivity contribution < 1.29 is 19.4 Å². The second kappa shape index (κ2) is 5.40. The van der Waals surface area contributed by atoms with Crippen molar-refractivity contribution in [3.05, 3.63) is 0 Å². The summed E-state index contributed by atoms with van der Waals surface area (Å²) < 4.78 is 4.37. The maximum atomic E-state index is 10.8. The zero-order valence-corrected chi connectivity index (χ0v) is 8.03. The average Bonchev–Trinajstić information content (AvgIpc) is 2.02. The molecule has 0 aromatic heterocycles. The van der Waals surface area contributed by atoms with E-state index in [0.717, 1.165) is 0 Å². The summed E-state index contributed by atoms with van der Waals surface area (Å²) in [7, 11) is 1.24. The molecule has 0 saturated carbocycles. The van der Waals surface area contributed by atoms with Crippen LogP contribution in [0, 0.1) is 5.92 Å². The maximum Gasteiger partial charge on any atom is 0.407 e. The third-order valence-electron chi connectivity index (χ3n) is 1.69. The molecular formula is C8H15NO4. The van der Waals surface area contributed by atoms with Crippen molar-refractivity contribution in [1.29, 1.82) is 0 Å². The molecule has 0 saturated heterocycles. The summed E-state index contributed by atoms with van der Waals surface area (Å²) in [4.78, 5) is 21.2. The van der Waals surface area contributed by atoms with Gasteiger partial charge in [0.25, 0.3) is 0 Å². The Kier molecular flexibility index (Phi) is 4.87. The molecule has 2 N–H and O–H groups in total. The molecule has 0 fully saturated rings. The Morgan fingerprint density at radius 2 is 2.00 bits per heavy atom. The van der Waals surface area contributed by atoms with Crippen LogP contribution in [0.5, 0.6) is 0 Å². The Balaban J connectivity index is 4.09. The van der Waals surface area contributed by atoms with Crippen LogP contribution in [-0.4, -0.2) is 30.3 Å². The third kappa shape index (κ3) is 5.05. The molecule has 5 nitrogen and oxygen atoms in total. The van der Waals surface area contributed by atoms with Gasteiger partial charge in [-0.25, -0.2) is 4.79 Å². The van der Waals surface area contributed by atoms with Crippen LogP contribution < -0.4 is 5.32 Å². The van der Waals surface area contributed by atoms with E-state index < -0.39 is 12.1 Å². The van der Waals surface area contributed by atoms with Crippen LogP contribution >= 0.6 is 0 Å². The number of aliphatic carboxylic acids is 1. The molecule has 0 bridgehead atoms. The molecule has 0 spiro atoms. The molecule has 1 atom stereocenters. The van der Waals surface area contributed by atoms with Crippen LogP contribution in [0.25, 0.3) is 0 Å². The standard InChI is InChI=1S/C8H15NO4/c1-5(2)6(4-7(10)11)9-8(12)13-3/h5-6H,4H2,1-3H3,(H,9,12)(H,10,11)/t6-/m1/s1. The zero-order chi connectivity index (χ0) is 10.4. The van der Waals surface area contributed by atoms with Crippen molar-refractivity contribution in [1.82, 2.24) is 5.32 Å². The van der Waals surface area contributed by atoms with Gasteiger partial charge in [-0.2, -0.15) is 0 Å². The van der Waals surface area contributed by atoms with Crippen LogP contribution in [0.4, 0.5) is 4.79 Å². The largest absolute Gasteiger partial charge is 0.481 e. The van der Waals surface area contributed by atoms with E-state index in [1.54, 1.807) is 0 Å². The lowest BCUT2D eigenvalue weighted by Crippen LogP contribution is -2.39. The molecule has 1 amide bonds. The number of carboxylic acids is 1. The van der Waals surface area contributed by atoms with E-state index in [1.165, 1.54) is 7.11 Å². The minimum Gasteiger partial charge on any atom is -0.481 e. The fraction of sp³-hybridized carbons (Fsp3) is 0.750. The number of carbonyl (C=O) groups excluding carboxylic acids is 1. The van der Waals surface area contributed by atoms with Crippen LogP contribution in [0.15, 0.2) is 0 Å². The Morgan fingerprint density at radius 3 is 2.31 bits per heavy atom. The summed E-state index contributed by atoms with van der Waals surface area (Å²) in [5, 5.41) is 11.0. The van der Waals surface area contributed by atoms with Crippen LogP contribution in [0.2, 0.25) is 0 Å². The molecule has 0 rings (SSSR count). The summed E-state index contributed by atoms with van der Waals surface area (Å²) in [6.45, 7) is 3.67. The molecule has 0 aliphatic heterocycles. The highest BCUT2D eigenvalue weighted by molar-refractivity contribution is 5.71. The van der Waals surface area contributed by atoms with Crippen molar-refractivity contribution in [2.75, 3.05) is 7.11 Å². The Bertz CT molecular complexity index is 191. The molecule has 0 aliphatic carbocycles. The second-order valence-corrected chi connectivity index (χ2v) is 3.08. The first-order valence-electron chi connectivity index (χ1n) is 4.03. The van der Waals surface area contributed by atoms with E-state index in [2.05, 4.69) is 10.1 Å². The van der Waals surface area contributed by atoms with E-state index in [1.807, 2.05) is 13.8 Å². The first kappa shape index (κ1) is 11.7. The van der Waals surface area contributed by atoms with Gasteiger partial charge in [-0.3, -0.25) is 4.79 Å². The van der Waals surface area contributed by atoms with Crippen molar-refractivity contribution in [3.8, 4) is 0 Å². The van der Waals surface area contributed by atoms with E-state index >= 15 is 0 Å². The number of nitrogens with one attached hydrogen (secondary N) is 1. The number of ether oxygens (including phenoxy) is 1. The van der Waals surface area contributed by atoms with Crippen molar-refractivity contribution in [2.24, 2.45) is 5.92 Å². The Labute approximate surface area is 77.1 Å². The van der Waals surface area contributed by atoms with Gasteiger partial charge in [-0.1, -0.05) is 13.8 Å². The van der Waals surface area contributed by atoms with E-state index in [-0.39, 0.29) is 18.4 Å². The van der Waals surface area contributed by atoms with Gasteiger partial charge in [0.05, 0.1) is 13.5 Å². The number of carboxylic acid groups (broad SMARTS) is 1. The minimum atomic E-state index is -0.935. The van der Waals surface area contributed by atoms with Gasteiger partial charge < -0.3 is 15.2 Å². The smallest absolute Gasteiger partial charge is 0.407 e. The molecule has 0 aromatic rings. The number of hydrogen-bond acceptors (Lipinski definition) is 3. The number of rotatable bonds is 4. The number of hydrogen-bond donors (Lipinski definition) is 2. The lowest BCUT2D eigenvalue weighted by Gasteiger charge is -2.19. The normalized spacial score (nSPS) is 12.3. The second-order valence-electron chi connectivity index (χ2n) is 3.08. The summed E-state index contributed by atoms with van der Waals surface area (Å²) >= 11 is 0. The van der Waals surface area contributed by atoms with Gasteiger partial charge >= 0.3 is 12.1 Å². The quantitative estimate of drug-likeness (QED) is 0.687. The lowest BCUT2D eigenvalue weighted by atomic mass is 10.0. The molecule has 0 heterocycles. The summed E-state index contributed by atoms with van der Waals surface area (Å²) in [5.41, 5.74) is 0. The van der Waals surface area contributed by atoms with Crippen molar-refractivity contribution in [3.63, 3.8) is 0 Å². The van der Waals surface area contributed by atoms with Crippen molar-refractivity contribution in [2.45, 2.75) is 26.3 Å². The van der Waals surface area contributed by atoms with Gasteiger partial charge in [0, 0.05) is 6.04 Å². The van der Waals surface area contributed by atoms with Crippen LogP contribution in [0.1, 0.15) is 20.3 Å². The first-order chi connectivity index (χ1) is 5.97. The molecule has 0 aromatic carbocycles. The summed E-state index contributed by atoms with van der Waals surface area (Å²) in [6, 6.07) is -0.384. The monoisotopic (exact) mass is 189 g/mol. The van der Waals surface area contributed by atoms with Gasteiger partial charge in [-0.15, -0.1) is 0 Å². The van der Waals surface area contributed by atoms with Crippen LogP contribution in [0.3, 0.4) is 0 Å². The lowest BCUT2D eigenvalue weighted by molar-refractivity contribution is -0.137. The third-order valence-corrected chi connectivity index (χ3v) is 1.69. The number of methoxy groups -OCH3 is 1. The average molecular weight is 189 g/mol. The maximum absolute atomic E-state index is 10.8. The zero-order valence-electron chi connectivity index (χ0n) is 8.03. The Morgan fingerprint density at radius 1 is 1.46 bits per heavy atom. The first-order valence-corrected chi connectivity index (χ1v) is 4.03. The molecular weight excluding hydrogens is 174 g/mol. The molecule has 5 heteroatoms. The van der Waals surface area contributed by atoms with E-state index in [0.29, 0.717) is 0 Å². The van der Waals surface area contributed by atoms with Gasteiger partial charge in [0.15, 0.2) is 0 Å². The number of carbonyl (C=O) groups is 2. The van der Waals surface area contributed by atoms with E-state index in [4.69, 9.17) is 5.11 Å². The van der Waals surface area contributed by atoms with Gasteiger partial charge in [-0.05, 0) is 5.92 Å². The van der Waals surface area contributed by atoms with E-state index in [9.17, 15) is 9.59 Å². The Hall–Kier alpha value is -1.26. The van der Waals surface area contributed by atoms with Gasteiger partial charge in [0.1, 0.15) is 0 Å². The van der Waals surface area contributed by atoms with Gasteiger partial charge in [0.2, 0.25) is 0 Å². The highest BCUT2D eigenvalue weighted by atomic mass is 16.5. The highest BCUT2D eigenvalue weighted by Crippen LogP contribution is 2.05. The number of alkyl carbamates (subject to hydrolysis) is 1. The summed E-state index contributed by atoms with van der Waals surface area (Å²) in [6.07, 6.45) is -0.688. The SMILES string of the molecule is COC(=O)N[C@H](CC(=O)O)C(C)C. The molecule has 0 aliphatic rings. The number of amides is 1. The van der Waals surface area contributed by atoms with Crippen molar-refractivity contribution >= 4 is 12.1 Å². The molecule has 0 unspecified atom stereocenters. The predicted molar refractivity (Wildman–Crippen MR) is 46.4 cm³/mol. The molecule has 0 radical (unpaired) electrons. The molecule has 76 valence electrons. The fourth-order valence-corrected chi connectivity index (χ4v) is 0.852. The highest BCUT2D eigenvalue weighted by Gasteiger charge is 2.19.